The van der Waals surface area contributed by atoms with Gasteiger partial charge >= 0.3 is 6.18 Å². The molecule has 2 aromatic rings. The van der Waals surface area contributed by atoms with E-state index in [1.165, 1.54) is 36.4 Å². The first kappa shape index (κ1) is 26.9. The number of amides is 2. The van der Waals surface area contributed by atoms with Crippen molar-refractivity contribution >= 4 is 11.8 Å². The Morgan fingerprint density at radius 2 is 1.57 bits per heavy atom. The average molecular weight is 522 g/mol. The van der Waals surface area contributed by atoms with Gasteiger partial charge in [0.1, 0.15) is 11.6 Å². The molecule has 200 valence electrons. The van der Waals surface area contributed by atoms with E-state index in [0.717, 1.165) is 25.2 Å². The second-order valence-corrected chi connectivity index (χ2v) is 10.0. The van der Waals surface area contributed by atoms with Gasteiger partial charge in [0.25, 0.3) is 5.91 Å². The monoisotopic (exact) mass is 521 g/mol. The van der Waals surface area contributed by atoms with Crippen molar-refractivity contribution in [3.8, 4) is 5.75 Å². The van der Waals surface area contributed by atoms with Gasteiger partial charge in [-0.15, -0.1) is 0 Å². The number of benzene rings is 2. The summed E-state index contributed by atoms with van der Waals surface area (Å²) in [5, 5.41) is 0. The fourth-order valence-electron chi connectivity index (χ4n) is 4.93. The van der Waals surface area contributed by atoms with E-state index < -0.39 is 23.0 Å². The molecule has 10 heteroatoms. The maximum Gasteiger partial charge on any atom is 0.416 e. The number of ether oxygens (including phenoxy) is 1. The van der Waals surface area contributed by atoms with Crippen LogP contribution in [0.5, 0.6) is 5.75 Å². The maximum atomic E-state index is 13.3. The number of alkyl halides is 3. The maximum absolute atomic E-state index is 13.3. The summed E-state index contributed by atoms with van der Waals surface area (Å²) >= 11 is 0. The van der Waals surface area contributed by atoms with E-state index in [2.05, 4.69) is 4.90 Å². The van der Waals surface area contributed by atoms with Crippen LogP contribution >= 0.6 is 0 Å². The summed E-state index contributed by atoms with van der Waals surface area (Å²) in [6.45, 7) is 3.62. The lowest BCUT2D eigenvalue weighted by Crippen LogP contribution is -2.53. The minimum Gasteiger partial charge on any atom is -0.493 e. The number of carbonyl (C=O) groups excluding carboxylic acids is 2. The Bertz CT molecular complexity index is 1080. The van der Waals surface area contributed by atoms with Crippen molar-refractivity contribution in [1.29, 1.82) is 0 Å². The Hall–Kier alpha value is -3.14. The zero-order valence-corrected chi connectivity index (χ0v) is 20.8. The summed E-state index contributed by atoms with van der Waals surface area (Å²) in [5.74, 6) is -0.330. The van der Waals surface area contributed by atoms with Crippen LogP contribution in [0, 0.1) is 11.2 Å². The van der Waals surface area contributed by atoms with Crippen LogP contribution in [-0.4, -0.2) is 79.4 Å². The lowest BCUT2D eigenvalue weighted by atomic mass is 9.77. The Balaban J connectivity index is 1.52. The summed E-state index contributed by atoms with van der Waals surface area (Å²) in [7, 11) is 2.01. The zero-order chi connectivity index (χ0) is 26.6. The smallest absolute Gasteiger partial charge is 0.416 e. The average Bonchev–Trinajstić information content (AvgIpc) is 2.88. The SMILES string of the molecule is CN1CCN(C(=O)CC2(COc3ccc(F)cc3)CCCN(C(=O)c3ccc(C(F)(F)F)cc3)C2)CC1. The van der Waals surface area contributed by atoms with Gasteiger partial charge in [-0.1, -0.05) is 0 Å². The molecule has 2 fully saturated rings. The predicted molar refractivity (Wildman–Crippen MR) is 130 cm³/mol. The number of likely N-dealkylation sites (tertiary alicyclic amines) is 1. The van der Waals surface area contributed by atoms with Crippen LogP contribution in [0.4, 0.5) is 17.6 Å². The molecule has 0 saturated carbocycles. The van der Waals surface area contributed by atoms with Crippen LogP contribution in [0.15, 0.2) is 48.5 Å². The van der Waals surface area contributed by atoms with E-state index in [9.17, 15) is 27.2 Å². The molecule has 2 heterocycles. The number of rotatable bonds is 6. The third-order valence-electron chi connectivity index (χ3n) is 7.15. The summed E-state index contributed by atoms with van der Waals surface area (Å²) in [4.78, 5) is 32.1. The summed E-state index contributed by atoms with van der Waals surface area (Å²) in [6, 6.07) is 9.78. The van der Waals surface area contributed by atoms with E-state index in [0.29, 0.717) is 38.2 Å². The molecule has 4 rings (SSSR count). The molecule has 0 aliphatic carbocycles. The van der Waals surface area contributed by atoms with Gasteiger partial charge in [0.05, 0.1) is 12.2 Å². The highest BCUT2D eigenvalue weighted by Crippen LogP contribution is 2.36. The van der Waals surface area contributed by atoms with Gasteiger partial charge in [-0.25, -0.2) is 4.39 Å². The van der Waals surface area contributed by atoms with Crippen molar-refractivity contribution in [2.75, 3.05) is 52.9 Å². The molecule has 37 heavy (non-hydrogen) atoms. The van der Waals surface area contributed by atoms with Gasteiger partial charge in [-0.05, 0) is 68.4 Å². The van der Waals surface area contributed by atoms with Crippen molar-refractivity contribution in [1.82, 2.24) is 14.7 Å². The van der Waals surface area contributed by atoms with E-state index in [4.69, 9.17) is 4.74 Å². The molecular weight excluding hydrogens is 490 g/mol. The number of hydrogen-bond acceptors (Lipinski definition) is 4. The largest absolute Gasteiger partial charge is 0.493 e. The minimum atomic E-state index is -4.48. The first-order valence-corrected chi connectivity index (χ1v) is 12.4. The highest BCUT2D eigenvalue weighted by atomic mass is 19.4. The van der Waals surface area contributed by atoms with Gasteiger partial charge < -0.3 is 19.4 Å². The highest BCUT2D eigenvalue weighted by Gasteiger charge is 2.41. The summed E-state index contributed by atoms with van der Waals surface area (Å²) in [5.41, 5.74) is -1.34. The minimum absolute atomic E-state index is 0.0142. The number of hydrogen-bond donors (Lipinski definition) is 0. The van der Waals surface area contributed by atoms with Crippen LogP contribution in [0.3, 0.4) is 0 Å². The zero-order valence-electron chi connectivity index (χ0n) is 20.8. The lowest BCUT2D eigenvalue weighted by Gasteiger charge is -2.43. The van der Waals surface area contributed by atoms with Crippen molar-refractivity contribution in [2.24, 2.45) is 5.41 Å². The quantitative estimate of drug-likeness (QED) is 0.532. The topological polar surface area (TPSA) is 53.1 Å². The lowest BCUT2D eigenvalue weighted by molar-refractivity contribution is -0.138. The number of piperidine rings is 1. The number of nitrogens with zero attached hydrogens (tertiary/aromatic N) is 3. The van der Waals surface area contributed by atoms with Gasteiger partial charge in [0, 0.05) is 56.7 Å². The second-order valence-electron chi connectivity index (χ2n) is 10.0. The summed E-state index contributed by atoms with van der Waals surface area (Å²) in [6.07, 6.45) is -3.04. The molecule has 2 aliphatic heterocycles. The van der Waals surface area contributed by atoms with Crippen molar-refractivity contribution in [2.45, 2.75) is 25.4 Å². The van der Waals surface area contributed by atoms with E-state index in [1.54, 1.807) is 4.90 Å². The fraction of sp³-hybridized carbons (Fsp3) is 0.481. The normalized spacial score (nSPS) is 21.1. The van der Waals surface area contributed by atoms with Crippen LogP contribution in [0.1, 0.15) is 35.2 Å². The van der Waals surface area contributed by atoms with E-state index >= 15 is 0 Å². The van der Waals surface area contributed by atoms with Gasteiger partial charge in [0.2, 0.25) is 5.91 Å². The molecule has 0 bridgehead atoms. The standard InChI is InChI=1S/C27H31F4N3O3/c1-32-13-15-33(16-14-32)24(35)17-26(19-37-23-9-7-22(28)8-10-23)11-2-12-34(18-26)25(36)20-3-5-21(6-4-20)27(29,30)31/h3-10H,2,11-19H2,1H3. The van der Waals surface area contributed by atoms with Gasteiger partial charge in [0.15, 0.2) is 0 Å². The van der Waals surface area contributed by atoms with E-state index in [1.807, 2.05) is 11.9 Å². The van der Waals surface area contributed by atoms with Crippen LogP contribution in [-0.2, 0) is 11.0 Å². The highest BCUT2D eigenvalue weighted by molar-refractivity contribution is 5.94. The number of halogens is 4. The molecule has 0 aromatic heterocycles. The molecule has 1 atom stereocenters. The summed E-state index contributed by atoms with van der Waals surface area (Å²) < 4.78 is 58.2. The molecule has 1 unspecified atom stereocenters. The van der Waals surface area contributed by atoms with Crippen LogP contribution in [0.2, 0.25) is 0 Å². The Morgan fingerprint density at radius 1 is 0.919 bits per heavy atom. The molecule has 0 spiro atoms. The van der Waals surface area contributed by atoms with Gasteiger partial charge in [-0.3, -0.25) is 9.59 Å². The van der Waals surface area contributed by atoms with Gasteiger partial charge in [-0.2, -0.15) is 13.2 Å². The molecule has 6 nitrogen and oxygen atoms in total. The number of carbonyl (C=O) groups is 2. The third kappa shape index (κ3) is 6.80. The molecule has 2 amide bonds. The number of piperazine rings is 1. The molecule has 2 saturated heterocycles. The number of likely N-dealkylation sites (N-methyl/N-ethyl adjacent to an activating group) is 1. The van der Waals surface area contributed by atoms with Crippen LogP contribution < -0.4 is 4.74 Å². The Kier molecular flexibility index (Phi) is 8.06. The van der Waals surface area contributed by atoms with Crippen molar-refractivity contribution in [3.05, 3.63) is 65.5 Å². The third-order valence-corrected chi connectivity index (χ3v) is 7.15. The van der Waals surface area contributed by atoms with Crippen molar-refractivity contribution < 1.29 is 31.9 Å². The van der Waals surface area contributed by atoms with Crippen molar-refractivity contribution in [3.63, 3.8) is 0 Å². The fourth-order valence-corrected chi connectivity index (χ4v) is 4.93. The molecule has 2 aliphatic rings. The second kappa shape index (κ2) is 11.1. The predicted octanol–water partition coefficient (Wildman–Crippen LogP) is 4.31. The molecule has 0 radical (unpaired) electrons. The first-order valence-electron chi connectivity index (χ1n) is 12.4. The Labute approximate surface area is 213 Å². The molecule has 2 aromatic carbocycles. The van der Waals surface area contributed by atoms with Crippen LogP contribution in [0.25, 0.3) is 0 Å². The van der Waals surface area contributed by atoms with E-state index in [-0.39, 0.29) is 37.0 Å². The molecule has 0 N–H and O–H groups in total. The Morgan fingerprint density at radius 3 is 2.19 bits per heavy atom. The first-order chi connectivity index (χ1) is 17.5. The molecular formula is C27H31F4N3O3.